The van der Waals surface area contributed by atoms with Crippen LogP contribution in [0.25, 0.3) is 0 Å². The minimum atomic E-state index is -3.99. The Morgan fingerprint density at radius 3 is 2.50 bits per heavy atom. The Balaban J connectivity index is 2.46. The number of halogens is 1. The lowest BCUT2D eigenvalue weighted by atomic mass is 10.2. The van der Waals surface area contributed by atoms with Crippen molar-refractivity contribution in [1.29, 1.82) is 0 Å². The Kier molecular flexibility index (Phi) is 3.43. The second-order valence-electron chi connectivity index (χ2n) is 4.51. The van der Waals surface area contributed by atoms with Gasteiger partial charge in [-0.1, -0.05) is 6.07 Å². The van der Waals surface area contributed by atoms with Crippen LogP contribution in [0.3, 0.4) is 0 Å². The maximum absolute atomic E-state index is 13.7. The number of sulfonamides is 1. The molecular formula is C12H15FN4O2S. The van der Waals surface area contributed by atoms with Gasteiger partial charge in [0.2, 0.25) is 0 Å². The second-order valence-corrected chi connectivity index (χ2v) is 6.13. The van der Waals surface area contributed by atoms with Crippen LogP contribution in [0.1, 0.15) is 11.3 Å². The van der Waals surface area contributed by atoms with Gasteiger partial charge in [-0.25, -0.2) is 12.8 Å². The van der Waals surface area contributed by atoms with Gasteiger partial charge < -0.3 is 5.73 Å². The van der Waals surface area contributed by atoms with E-state index in [2.05, 4.69) is 9.82 Å². The molecule has 0 spiro atoms. The highest BCUT2D eigenvalue weighted by Gasteiger charge is 2.25. The number of hydrogen-bond acceptors (Lipinski definition) is 4. The predicted octanol–water partition coefficient (Wildman–Crippen LogP) is 1.56. The molecule has 1 heterocycles. The average molecular weight is 298 g/mol. The smallest absolute Gasteiger partial charge is 0.267 e. The molecule has 0 saturated carbocycles. The summed E-state index contributed by atoms with van der Waals surface area (Å²) < 4.78 is 41.8. The third-order valence-electron chi connectivity index (χ3n) is 2.94. The van der Waals surface area contributed by atoms with Crippen LogP contribution in [0.2, 0.25) is 0 Å². The molecule has 0 unspecified atom stereocenters. The van der Waals surface area contributed by atoms with Crippen molar-refractivity contribution in [2.24, 2.45) is 7.05 Å². The number of rotatable bonds is 3. The van der Waals surface area contributed by atoms with Crippen LogP contribution in [0.15, 0.2) is 23.1 Å². The van der Waals surface area contributed by atoms with Gasteiger partial charge in [-0.3, -0.25) is 9.40 Å². The highest BCUT2D eigenvalue weighted by Crippen LogP contribution is 2.25. The third kappa shape index (κ3) is 2.46. The summed E-state index contributed by atoms with van der Waals surface area (Å²) >= 11 is 0. The van der Waals surface area contributed by atoms with Gasteiger partial charge in [0.25, 0.3) is 10.0 Å². The van der Waals surface area contributed by atoms with Crippen LogP contribution in [0.4, 0.5) is 15.9 Å². The lowest BCUT2D eigenvalue weighted by Gasteiger charge is -2.09. The average Bonchev–Trinajstić information content (AvgIpc) is 2.57. The summed E-state index contributed by atoms with van der Waals surface area (Å²) in [6.45, 7) is 3.29. The first-order valence-electron chi connectivity index (χ1n) is 5.80. The summed E-state index contributed by atoms with van der Waals surface area (Å²) in [5, 5.41) is 3.84. The maximum Gasteiger partial charge on any atom is 0.267 e. The number of nitrogens with zero attached hydrogens (tertiary/aromatic N) is 2. The van der Waals surface area contributed by atoms with Gasteiger partial charge in [-0.15, -0.1) is 0 Å². The van der Waals surface area contributed by atoms with E-state index in [1.807, 2.05) is 0 Å². The van der Waals surface area contributed by atoms with E-state index in [9.17, 15) is 12.8 Å². The molecule has 1 aromatic carbocycles. The zero-order chi connectivity index (χ0) is 15.1. The molecule has 0 amide bonds. The molecule has 0 aliphatic carbocycles. The number of aromatic nitrogens is 2. The predicted molar refractivity (Wildman–Crippen MR) is 74.3 cm³/mol. The molecule has 0 aliphatic heterocycles. The lowest BCUT2D eigenvalue weighted by Crippen LogP contribution is -2.16. The van der Waals surface area contributed by atoms with E-state index in [4.69, 9.17) is 5.73 Å². The summed E-state index contributed by atoms with van der Waals surface area (Å²) in [6.07, 6.45) is 0. The molecule has 2 aromatic rings. The number of nitrogen functional groups attached to an aromatic ring is 1. The molecule has 2 rings (SSSR count). The number of nitrogens with one attached hydrogen (secondary N) is 1. The van der Waals surface area contributed by atoms with Crippen LogP contribution in [-0.2, 0) is 17.1 Å². The fourth-order valence-corrected chi connectivity index (χ4v) is 3.24. The van der Waals surface area contributed by atoms with Crippen molar-refractivity contribution in [2.75, 3.05) is 10.5 Å². The summed E-state index contributed by atoms with van der Waals surface area (Å²) in [7, 11) is -2.41. The first-order chi connectivity index (χ1) is 9.22. The Hall–Kier alpha value is -2.09. The highest BCUT2D eigenvalue weighted by atomic mass is 32.2. The molecule has 0 atom stereocenters. The molecule has 0 fully saturated rings. The number of nitrogens with two attached hydrogens (primary N) is 1. The van der Waals surface area contributed by atoms with Crippen molar-refractivity contribution in [3.8, 4) is 0 Å². The van der Waals surface area contributed by atoms with E-state index in [1.165, 1.54) is 16.8 Å². The zero-order valence-corrected chi connectivity index (χ0v) is 12.1. The van der Waals surface area contributed by atoms with E-state index < -0.39 is 15.8 Å². The van der Waals surface area contributed by atoms with Crippen LogP contribution in [-0.4, -0.2) is 18.2 Å². The lowest BCUT2D eigenvalue weighted by molar-refractivity contribution is 0.597. The van der Waals surface area contributed by atoms with Crippen LogP contribution in [0, 0.1) is 19.7 Å². The van der Waals surface area contributed by atoms with E-state index in [0.717, 1.165) is 0 Å². The molecule has 108 valence electrons. The molecule has 3 N–H and O–H groups in total. The number of hydrogen-bond donors (Lipinski definition) is 2. The summed E-state index contributed by atoms with van der Waals surface area (Å²) in [5.74, 6) is -0.765. The normalized spacial score (nSPS) is 11.6. The van der Waals surface area contributed by atoms with E-state index in [1.54, 1.807) is 27.0 Å². The fourth-order valence-electron chi connectivity index (χ4n) is 1.85. The Morgan fingerprint density at radius 2 is 2.00 bits per heavy atom. The SMILES string of the molecule is Cc1ccc(NS(=O)(=O)c2c(N)nn(C)c2C)c(F)c1. The first kappa shape index (κ1) is 14.3. The van der Waals surface area contributed by atoms with Crippen molar-refractivity contribution < 1.29 is 12.8 Å². The van der Waals surface area contributed by atoms with E-state index in [-0.39, 0.29) is 16.4 Å². The van der Waals surface area contributed by atoms with Crippen LogP contribution < -0.4 is 10.5 Å². The molecule has 0 saturated heterocycles. The topological polar surface area (TPSA) is 90.0 Å². The minimum Gasteiger partial charge on any atom is -0.381 e. The van der Waals surface area contributed by atoms with Gasteiger partial charge >= 0.3 is 0 Å². The molecule has 8 heteroatoms. The van der Waals surface area contributed by atoms with Gasteiger partial charge in [-0.2, -0.15) is 5.10 Å². The number of anilines is 2. The molecule has 20 heavy (non-hydrogen) atoms. The van der Waals surface area contributed by atoms with Gasteiger partial charge in [0.05, 0.1) is 11.4 Å². The van der Waals surface area contributed by atoms with Crippen molar-refractivity contribution in [2.45, 2.75) is 18.7 Å². The maximum atomic E-state index is 13.7. The number of benzene rings is 1. The second kappa shape index (κ2) is 4.78. The van der Waals surface area contributed by atoms with Crippen LogP contribution in [0.5, 0.6) is 0 Å². The van der Waals surface area contributed by atoms with Crippen LogP contribution >= 0.6 is 0 Å². The van der Waals surface area contributed by atoms with Gasteiger partial charge in [0, 0.05) is 7.05 Å². The summed E-state index contributed by atoms with van der Waals surface area (Å²) in [4.78, 5) is -0.139. The van der Waals surface area contributed by atoms with E-state index in [0.29, 0.717) is 11.3 Å². The Bertz CT molecular complexity index is 768. The zero-order valence-electron chi connectivity index (χ0n) is 11.3. The fraction of sp³-hybridized carbons (Fsp3) is 0.250. The monoisotopic (exact) mass is 298 g/mol. The first-order valence-corrected chi connectivity index (χ1v) is 7.28. The van der Waals surface area contributed by atoms with Crippen molar-refractivity contribution in [3.63, 3.8) is 0 Å². The molecule has 0 aliphatic rings. The standard InChI is InChI=1S/C12H15FN4O2S/c1-7-4-5-10(9(13)6-7)16-20(18,19)11-8(2)17(3)15-12(11)14/h4-6,16H,1-3H3,(H2,14,15). The van der Waals surface area contributed by atoms with E-state index >= 15 is 0 Å². The minimum absolute atomic E-state index is 0.120. The molecule has 0 bridgehead atoms. The van der Waals surface area contributed by atoms with Gasteiger partial charge in [0.1, 0.15) is 5.82 Å². The molecule has 0 radical (unpaired) electrons. The summed E-state index contributed by atoms with van der Waals surface area (Å²) in [5.41, 5.74) is 6.55. The van der Waals surface area contributed by atoms with Crippen molar-refractivity contribution in [3.05, 3.63) is 35.3 Å². The van der Waals surface area contributed by atoms with Crippen molar-refractivity contribution in [1.82, 2.24) is 9.78 Å². The molecule has 1 aromatic heterocycles. The molecular weight excluding hydrogens is 283 g/mol. The number of aryl methyl sites for hydroxylation is 2. The quantitative estimate of drug-likeness (QED) is 0.899. The largest absolute Gasteiger partial charge is 0.381 e. The van der Waals surface area contributed by atoms with Gasteiger partial charge in [0.15, 0.2) is 10.7 Å². The summed E-state index contributed by atoms with van der Waals surface area (Å²) in [6, 6.07) is 4.22. The Morgan fingerprint density at radius 1 is 1.35 bits per heavy atom. The highest BCUT2D eigenvalue weighted by molar-refractivity contribution is 7.93. The Labute approximate surface area is 116 Å². The third-order valence-corrected chi connectivity index (χ3v) is 4.47. The van der Waals surface area contributed by atoms with Crippen molar-refractivity contribution >= 4 is 21.5 Å². The van der Waals surface area contributed by atoms with Gasteiger partial charge in [-0.05, 0) is 31.5 Å². The molecule has 6 nitrogen and oxygen atoms in total.